The lowest BCUT2D eigenvalue weighted by Gasteiger charge is -2.15. The Labute approximate surface area is 131 Å². The van der Waals surface area contributed by atoms with Crippen molar-refractivity contribution in [3.05, 3.63) is 58.3 Å². The lowest BCUT2D eigenvalue weighted by atomic mass is 10.1. The molecule has 1 N–H and O–H groups in total. The third-order valence-electron chi connectivity index (χ3n) is 2.85. The second-order valence-electron chi connectivity index (χ2n) is 4.36. The molecule has 5 nitrogen and oxygen atoms in total. The number of rotatable bonds is 4. The quantitative estimate of drug-likeness (QED) is 0.902. The van der Waals surface area contributed by atoms with Gasteiger partial charge in [0.25, 0.3) is 0 Å². The van der Waals surface area contributed by atoms with Crippen LogP contribution in [0.1, 0.15) is 24.2 Å². The van der Waals surface area contributed by atoms with E-state index in [1.807, 2.05) is 24.3 Å². The summed E-state index contributed by atoms with van der Waals surface area (Å²) in [5, 5.41) is 8.96. The van der Waals surface area contributed by atoms with E-state index >= 15 is 0 Å². The van der Waals surface area contributed by atoms with Gasteiger partial charge in [-0.2, -0.15) is 5.26 Å². The molecule has 2 rings (SSSR count). The van der Waals surface area contributed by atoms with Crippen LogP contribution in [0.15, 0.2) is 52.0 Å². The molecule has 0 aliphatic heterocycles. The number of halogens is 1. The Morgan fingerprint density at radius 2 is 2.10 bits per heavy atom. The Hall–Kier alpha value is -1.75. The molecule has 21 heavy (non-hydrogen) atoms. The zero-order valence-corrected chi connectivity index (χ0v) is 13.5. The molecule has 1 atom stereocenters. The first-order valence-corrected chi connectivity index (χ1v) is 8.34. The summed E-state index contributed by atoms with van der Waals surface area (Å²) >= 11 is 3.35. The molecule has 1 aromatic carbocycles. The van der Waals surface area contributed by atoms with Crippen LogP contribution in [0.5, 0.6) is 0 Å². The molecule has 1 heterocycles. The van der Waals surface area contributed by atoms with E-state index in [2.05, 4.69) is 25.6 Å². The topological polar surface area (TPSA) is 82.8 Å². The SMILES string of the molecule is CC(NS(=O)(=O)c1cccnc1C#N)c1cccc(Br)c1. The molecule has 0 aliphatic carbocycles. The molecule has 0 spiro atoms. The van der Waals surface area contributed by atoms with E-state index in [9.17, 15) is 8.42 Å². The van der Waals surface area contributed by atoms with Gasteiger partial charge in [-0.15, -0.1) is 0 Å². The number of aromatic nitrogens is 1. The van der Waals surface area contributed by atoms with E-state index in [-0.39, 0.29) is 10.6 Å². The molecule has 1 aromatic heterocycles. The maximum atomic E-state index is 12.4. The minimum absolute atomic E-state index is 0.116. The summed E-state index contributed by atoms with van der Waals surface area (Å²) in [6.07, 6.45) is 1.38. The fraction of sp³-hybridized carbons (Fsp3) is 0.143. The average Bonchev–Trinajstić information content (AvgIpc) is 2.46. The van der Waals surface area contributed by atoms with Gasteiger partial charge >= 0.3 is 0 Å². The van der Waals surface area contributed by atoms with Crippen molar-refractivity contribution in [3.63, 3.8) is 0 Å². The van der Waals surface area contributed by atoms with Crippen molar-refractivity contribution in [2.24, 2.45) is 0 Å². The number of nitrogens with zero attached hydrogens (tertiary/aromatic N) is 2. The number of pyridine rings is 1. The third kappa shape index (κ3) is 3.67. The zero-order valence-electron chi connectivity index (χ0n) is 11.1. The molecule has 7 heteroatoms. The molecule has 0 aliphatic rings. The fourth-order valence-corrected chi connectivity index (χ4v) is 3.59. The molecule has 0 fully saturated rings. The number of benzene rings is 1. The zero-order chi connectivity index (χ0) is 15.5. The normalized spacial score (nSPS) is 12.6. The van der Waals surface area contributed by atoms with Crippen LogP contribution in [0.3, 0.4) is 0 Å². The highest BCUT2D eigenvalue weighted by molar-refractivity contribution is 9.10. The minimum atomic E-state index is -3.81. The van der Waals surface area contributed by atoms with Gasteiger partial charge in [0.1, 0.15) is 11.0 Å². The van der Waals surface area contributed by atoms with Crippen LogP contribution in [0, 0.1) is 11.3 Å². The van der Waals surface area contributed by atoms with E-state index < -0.39 is 16.1 Å². The van der Waals surface area contributed by atoms with Crippen LogP contribution in [0.4, 0.5) is 0 Å². The van der Waals surface area contributed by atoms with E-state index in [0.717, 1.165) is 10.0 Å². The highest BCUT2D eigenvalue weighted by atomic mass is 79.9. The Morgan fingerprint density at radius 1 is 1.33 bits per heavy atom. The van der Waals surface area contributed by atoms with Crippen LogP contribution >= 0.6 is 15.9 Å². The molecule has 1 unspecified atom stereocenters. The summed E-state index contributed by atoms with van der Waals surface area (Å²) in [5.41, 5.74) is 0.696. The van der Waals surface area contributed by atoms with Gasteiger partial charge in [0.05, 0.1) is 0 Å². The predicted octanol–water partition coefficient (Wildman–Crippen LogP) is 2.76. The summed E-state index contributed by atoms with van der Waals surface area (Å²) in [5.74, 6) is 0. The van der Waals surface area contributed by atoms with Crippen LogP contribution in [-0.4, -0.2) is 13.4 Å². The van der Waals surface area contributed by atoms with Gasteiger partial charge in [-0.25, -0.2) is 18.1 Å². The number of sulfonamides is 1. The predicted molar refractivity (Wildman–Crippen MR) is 81.8 cm³/mol. The maximum absolute atomic E-state index is 12.4. The van der Waals surface area contributed by atoms with Crippen molar-refractivity contribution >= 4 is 26.0 Å². The van der Waals surface area contributed by atoms with Crippen molar-refractivity contribution in [3.8, 4) is 6.07 Å². The van der Waals surface area contributed by atoms with Gasteiger partial charge in [0.15, 0.2) is 5.69 Å². The molecule has 0 radical (unpaired) electrons. The van der Waals surface area contributed by atoms with Crippen molar-refractivity contribution < 1.29 is 8.42 Å². The summed E-state index contributed by atoms with van der Waals surface area (Å²) in [7, 11) is -3.81. The summed E-state index contributed by atoms with van der Waals surface area (Å²) in [6.45, 7) is 1.74. The van der Waals surface area contributed by atoms with Crippen molar-refractivity contribution in [1.82, 2.24) is 9.71 Å². The van der Waals surface area contributed by atoms with E-state index in [4.69, 9.17) is 5.26 Å². The van der Waals surface area contributed by atoms with Gasteiger partial charge in [0, 0.05) is 16.7 Å². The molecule has 0 bridgehead atoms. The first-order chi connectivity index (χ1) is 9.94. The smallest absolute Gasteiger partial charge is 0.244 e. The van der Waals surface area contributed by atoms with Crippen LogP contribution in [-0.2, 0) is 10.0 Å². The lowest BCUT2D eigenvalue weighted by molar-refractivity contribution is 0.566. The summed E-state index contributed by atoms with van der Waals surface area (Å²) < 4.78 is 28.2. The van der Waals surface area contributed by atoms with Gasteiger partial charge in [-0.3, -0.25) is 0 Å². The Bertz CT molecular complexity index is 800. The molecule has 108 valence electrons. The Morgan fingerprint density at radius 3 is 2.76 bits per heavy atom. The largest absolute Gasteiger partial charge is 0.244 e. The first kappa shape index (κ1) is 15.6. The van der Waals surface area contributed by atoms with Crippen molar-refractivity contribution in [2.75, 3.05) is 0 Å². The third-order valence-corrected chi connectivity index (χ3v) is 4.91. The highest BCUT2D eigenvalue weighted by Crippen LogP contribution is 2.21. The number of nitrogens with one attached hydrogen (secondary N) is 1. The summed E-state index contributed by atoms with van der Waals surface area (Å²) in [4.78, 5) is 3.65. The monoisotopic (exact) mass is 365 g/mol. The Balaban J connectivity index is 2.32. The van der Waals surface area contributed by atoms with Crippen LogP contribution in [0.25, 0.3) is 0 Å². The minimum Gasteiger partial charge on any atom is -0.244 e. The first-order valence-electron chi connectivity index (χ1n) is 6.07. The molecule has 0 saturated carbocycles. The molecule has 0 saturated heterocycles. The van der Waals surface area contributed by atoms with Gasteiger partial charge < -0.3 is 0 Å². The number of nitriles is 1. The molecule has 2 aromatic rings. The van der Waals surface area contributed by atoms with Crippen molar-refractivity contribution in [2.45, 2.75) is 17.9 Å². The van der Waals surface area contributed by atoms with E-state index in [1.165, 1.54) is 18.3 Å². The fourth-order valence-electron chi connectivity index (χ4n) is 1.83. The number of hydrogen-bond acceptors (Lipinski definition) is 4. The van der Waals surface area contributed by atoms with Crippen molar-refractivity contribution in [1.29, 1.82) is 5.26 Å². The highest BCUT2D eigenvalue weighted by Gasteiger charge is 2.22. The second-order valence-corrected chi connectivity index (χ2v) is 6.96. The average molecular weight is 366 g/mol. The molecule has 0 amide bonds. The Kier molecular flexibility index (Phi) is 4.73. The summed E-state index contributed by atoms with van der Waals surface area (Å²) in [6, 6.07) is 11.6. The molecular weight excluding hydrogens is 354 g/mol. The van der Waals surface area contributed by atoms with Gasteiger partial charge in [0.2, 0.25) is 10.0 Å². The maximum Gasteiger partial charge on any atom is 0.244 e. The lowest BCUT2D eigenvalue weighted by Crippen LogP contribution is -2.27. The number of hydrogen-bond donors (Lipinski definition) is 1. The molecular formula is C14H12BrN3O2S. The van der Waals surface area contributed by atoms with E-state index in [0.29, 0.717) is 0 Å². The van der Waals surface area contributed by atoms with Crippen LogP contribution in [0.2, 0.25) is 0 Å². The van der Waals surface area contributed by atoms with Gasteiger partial charge in [-0.05, 0) is 36.8 Å². The standard InChI is InChI=1S/C14H12BrN3O2S/c1-10(11-4-2-5-12(15)8-11)18-21(19,20)14-6-3-7-17-13(14)9-16/h2-8,10,18H,1H3. The van der Waals surface area contributed by atoms with Crippen LogP contribution < -0.4 is 4.72 Å². The van der Waals surface area contributed by atoms with Gasteiger partial charge in [-0.1, -0.05) is 28.1 Å². The second kappa shape index (κ2) is 6.35. The van der Waals surface area contributed by atoms with E-state index in [1.54, 1.807) is 13.0 Å².